The monoisotopic (exact) mass is 529 g/mol. The van der Waals surface area contributed by atoms with E-state index in [0.29, 0.717) is 26.3 Å². The van der Waals surface area contributed by atoms with Gasteiger partial charge in [0.1, 0.15) is 17.2 Å². The molecule has 1 aromatic carbocycles. The number of nitrogens with one attached hydrogen (secondary N) is 2. The topological polar surface area (TPSA) is 127 Å². The molecular formula is C20H18Cl2FN5O5S. The molecule has 34 heavy (non-hydrogen) atoms. The highest BCUT2D eigenvalue weighted by Crippen LogP contribution is 2.39. The minimum atomic E-state index is -4.16. The van der Waals surface area contributed by atoms with Gasteiger partial charge in [0.25, 0.3) is 10.0 Å². The summed E-state index contributed by atoms with van der Waals surface area (Å²) in [6.45, 7) is 2.69. The lowest BCUT2D eigenvalue weighted by molar-refractivity contribution is -0.114. The van der Waals surface area contributed by atoms with Gasteiger partial charge in [-0.1, -0.05) is 34.4 Å². The maximum atomic E-state index is 14.9. The molecule has 10 nitrogen and oxygen atoms in total. The van der Waals surface area contributed by atoms with E-state index in [2.05, 4.69) is 20.3 Å². The van der Waals surface area contributed by atoms with Gasteiger partial charge in [-0.25, -0.2) is 22.8 Å². The number of carbonyl (C=O) groups is 1. The van der Waals surface area contributed by atoms with Gasteiger partial charge < -0.3 is 14.6 Å². The number of morpholine rings is 1. The first-order chi connectivity index (χ1) is 16.2. The number of aromatic nitrogens is 2. The summed E-state index contributed by atoms with van der Waals surface area (Å²) < 4.78 is 51.5. The molecule has 0 saturated carbocycles. The molecule has 2 N–H and O–H groups in total. The number of rotatable bonds is 6. The molecule has 3 heterocycles. The predicted molar refractivity (Wildman–Crippen MR) is 122 cm³/mol. The molecular weight excluding hydrogens is 512 g/mol. The molecule has 4 rings (SSSR count). The zero-order valence-corrected chi connectivity index (χ0v) is 20.0. The van der Waals surface area contributed by atoms with Gasteiger partial charge in [0.15, 0.2) is 5.76 Å². The number of hydrazine groups is 1. The second-order valence-electron chi connectivity index (χ2n) is 7.21. The van der Waals surface area contributed by atoms with E-state index in [1.807, 2.05) is 0 Å². The maximum absolute atomic E-state index is 14.9. The van der Waals surface area contributed by atoms with Crippen LogP contribution < -0.4 is 10.1 Å². The highest BCUT2D eigenvalue weighted by atomic mass is 35.5. The fourth-order valence-electron chi connectivity index (χ4n) is 3.28. The third-order valence-electron chi connectivity index (χ3n) is 4.80. The van der Waals surface area contributed by atoms with Gasteiger partial charge in [0.05, 0.1) is 39.4 Å². The van der Waals surface area contributed by atoms with Crippen LogP contribution in [0, 0.1) is 5.82 Å². The van der Waals surface area contributed by atoms with E-state index in [1.54, 1.807) is 0 Å². The van der Waals surface area contributed by atoms with Crippen LogP contribution >= 0.6 is 23.2 Å². The highest BCUT2D eigenvalue weighted by Gasteiger charge is 2.28. The summed E-state index contributed by atoms with van der Waals surface area (Å²) in [6.07, 6.45) is 1.25. The average Bonchev–Trinajstić information content (AvgIpc) is 3.26. The second-order valence-corrected chi connectivity index (χ2v) is 9.62. The summed E-state index contributed by atoms with van der Waals surface area (Å²) in [5.74, 6) is -1.22. The number of amides is 1. The van der Waals surface area contributed by atoms with Crippen molar-refractivity contribution >= 4 is 44.8 Å². The number of halogens is 3. The predicted octanol–water partition coefficient (Wildman–Crippen LogP) is 3.33. The van der Waals surface area contributed by atoms with Crippen LogP contribution in [0.3, 0.4) is 0 Å². The van der Waals surface area contributed by atoms with Gasteiger partial charge in [-0.15, -0.1) is 4.83 Å². The molecule has 0 unspecified atom stereocenters. The Morgan fingerprint density at radius 3 is 2.68 bits per heavy atom. The molecule has 1 saturated heterocycles. The van der Waals surface area contributed by atoms with Crippen molar-refractivity contribution in [1.82, 2.24) is 20.0 Å². The van der Waals surface area contributed by atoms with E-state index in [1.165, 1.54) is 36.3 Å². The number of pyridine rings is 1. The molecule has 2 aromatic heterocycles. The third kappa shape index (κ3) is 5.06. The van der Waals surface area contributed by atoms with E-state index >= 15 is 0 Å². The van der Waals surface area contributed by atoms with Gasteiger partial charge in [0.2, 0.25) is 5.91 Å². The molecule has 180 valence electrons. The Labute approximate surface area is 204 Å². The molecule has 14 heteroatoms. The number of ether oxygens (including phenoxy) is 1. The van der Waals surface area contributed by atoms with Crippen LogP contribution in [0.15, 0.2) is 39.9 Å². The first-order valence-electron chi connectivity index (χ1n) is 9.90. The summed E-state index contributed by atoms with van der Waals surface area (Å²) in [5, 5.41) is 7.89. The molecule has 0 spiro atoms. The average molecular weight is 530 g/mol. The van der Waals surface area contributed by atoms with Gasteiger partial charge >= 0.3 is 0 Å². The normalized spacial score (nSPS) is 14.8. The number of benzene rings is 1. The largest absolute Gasteiger partial charge is 0.379 e. The summed E-state index contributed by atoms with van der Waals surface area (Å²) >= 11 is 12.4. The van der Waals surface area contributed by atoms with Crippen LogP contribution in [0.2, 0.25) is 10.0 Å². The lowest BCUT2D eigenvalue weighted by Gasteiger charge is -2.27. The molecule has 0 atom stereocenters. The van der Waals surface area contributed by atoms with Crippen molar-refractivity contribution in [2.75, 3.05) is 31.6 Å². The van der Waals surface area contributed by atoms with E-state index in [-0.39, 0.29) is 43.3 Å². The molecule has 1 aliphatic rings. The molecule has 1 amide bonds. The molecule has 0 aliphatic carbocycles. The molecule has 3 aromatic rings. The van der Waals surface area contributed by atoms with E-state index in [0.717, 1.165) is 6.07 Å². The van der Waals surface area contributed by atoms with Crippen LogP contribution in [0.25, 0.3) is 22.7 Å². The Morgan fingerprint density at radius 2 is 1.97 bits per heavy atom. The lowest BCUT2D eigenvalue weighted by Crippen LogP contribution is -2.48. The van der Waals surface area contributed by atoms with Crippen LogP contribution in [-0.4, -0.2) is 55.8 Å². The number of hydrogen-bond acceptors (Lipinski definition) is 8. The number of anilines is 1. The van der Waals surface area contributed by atoms with E-state index in [9.17, 15) is 17.6 Å². The Balaban J connectivity index is 1.73. The standard InChI is InChI=1S/C20H18Cl2FN5O5S/c1-11(29)25-19-12(21)10-24-20(18(19)22)15-9-14(26-33-15)17-13(23)3-2-4-16(17)34(30,31)27-28-5-7-32-8-6-28/h2-4,9-10,27H,5-8H2,1H3,(H,24,25,29). The summed E-state index contributed by atoms with van der Waals surface area (Å²) in [4.78, 5) is 17.7. The van der Waals surface area contributed by atoms with Crippen molar-refractivity contribution in [2.45, 2.75) is 11.8 Å². The first kappa shape index (κ1) is 24.5. The van der Waals surface area contributed by atoms with Gasteiger partial charge in [-0.2, -0.15) is 0 Å². The van der Waals surface area contributed by atoms with Crippen LogP contribution in [0.1, 0.15) is 6.92 Å². The minimum Gasteiger partial charge on any atom is -0.379 e. The Bertz CT molecular complexity index is 1350. The second kappa shape index (κ2) is 9.94. The van der Waals surface area contributed by atoms with Gasteiger partial charge in [0, 0.05) is 32.3 Å². The van der Waals surface area contributed by atoms with E-state index in [4.69, 9.17) is 32.5 Å². The Kier molecular flexibility index (Phi) is 7.17. The molecule has 1 fully saturated rings. The third-order valence-corrected chi connectivity index (χ3v) is 6.87. The smallest absolute Gasteiger partial charge is 0.254 e. The molecule has 1 aliphatic heterocycles. The molecule has 0 bridgehead atoms. The van der Waals surface area contributed by atoms with E-state index < -0.39 is 21.7 Å². The maximum Gasteiger partial charge on any atom is 0.254 e. The summed E-state index contributed by atoms with van der Waals surface area (Å²) in [7, 11) is -4.16. The zero-order valence-electron chi connectivity index (χ0n) is 17.6. The Hall–Kier alpha value is -2.61. The van der Waals surface area contributed by atoms with Gasteiger partial charge in [-0.3, -0.25) is 4.79 Å². The quantitative estimate of drug-likeness (QED) is 0.497. The number of carbonyl (C=O) groups excluding carboxylic acids is 1. The van der Waals surface area contributed by atoms with Crippen LogP contribution in [0.4, 0.5) is 10.1 Å². The SMILES string of the molecule is CC(=O)Nc1c(Cl)cnc(-c2cc(-c3c(F)cccc3S(=O)(=O)NN3CCOCC3)no2)c1Cl. The summed E-state index contributed by atoms with van der Waals surface area (Å²) in [6, 6.07) is 4.95. The zero-order chi connectivity index (χ0) is 24.5. The number of hydrogen-bond donors (Lipinski definition) is 2. The van der Waals surface area contributed by atoms with Crippen molar-refractivity contribution in [1.29, 1.82) is 0 Å². The van der Waals surface area contributed by atoms with Crippen LogP contribution in [0.5, 0.6) is 0 Å². The Morgan fingerprint density at radius 1 is 1.24 bits per heavy atom. The number of nitrogens with zero attached hydrogens (tertiary/aromatic N) is 3. The van der Waals surface area contributed by atoms with Crippen LogP contribution in [-0.2, 0) is 19.6 Å². The fourth-order valence-corrected chi connectivity index (χ4v) is 5.16. The van der Waals surface area contributed by atoms with Crippen molar-refractivity contribution in [3.8, 4) is 22.7 Å². The first-order valence-corrected chi connectivity index (χ1v) is 12.1. The summed E-state index contributed by atoms with van der Waals surface area (Å²) in [5.41, 5.74) is -0.196. The molecule has 0 radical (unpaired) electrons. The van der Waals surface area contributed by atoms with Crippen molar-refractivity contribution in [3.63, 3.8) is 0 Å². The lowest BCUT2D eigenvalue weighted by atomic mass is 10.1. The van der Waals surface area contributed by atoms with Crippen molar-refractivity contribution in [2.24, 2.45) is 0 Å². The van der Waals surface area contributed by atoms with Gasteiger partial charge in [-0.05, 0) is 12.1 Å². The van der Waals surface area contributed by atoms with Crippen molar-refractivity contribution < 1.29 is 26.9 Å². The van der Waals surface area contributed by atoms with Crippen molar-refractivity contribution in [3.05, 3.63) is 46.3 Å². The number of sulfonamides is 1. The highest BCUT2D eigenvalue weighted by molar-refractivity contribution is 7.89. The fraction of sp³-hybridized carbons (Fsp3) is 0.250. The minimum absolute atomic E-state index is 0.0102.